The van der Waals surface area contributed by atoms with E-state index >= 15 is 8.78 Å². The molecule has 2 N–H and O–H groups in total. The molecule has 4 heterocycles. The van der Waals surface area contributed by atoms with Crippen LogP contribution in [0, 0.1) is 0 Å². The lowest BCUT2D eigenvalue weighted by Gasteiger charge is -2.45. The van der Waals surface area contributed by atoms with Crippen molar-refractivity contribution in [1.29, 1.82) is 0 Å². The first kappa shape index (κ1) is 33.2. The highest BCUT2D eigenvalue weighted by molar-refractivity contribution is 7.14. The molecule has 0 bridgehead atoms. The molecule has 2 aliphatic heterocycles. The minimum Gasteiger partial charge on any atom is -0.479 e. The minimum absolute atomic E-state index is 0.119. The van der Waals surface area contributed by atoms with Crippen molar-refractivity contribution in [1.82, 2.24) is 15.2 Å². The third-order valence-corrected chi connectivity index (χ3v) is 16.0. The van der Waals surface area contributed by atoms with Crippen molar-refractivity contribution >= 4 is 40.9 Å². The molecule has 0 radical (unpaired) electrons. The van der Waals surface area contributed by atoms with Gasteiger partial charge in [-0.15, -0.1) is 11.3 Å². The van der Waals surface area contributed by atoms with Crippen LogP contribution in [0.15, 0.2) is 97.1 Å². The Morgan fingerprint density at radius 1 is 0.896 bits per heavy atom. The van der Waals surface area contributed by atoms with Gasteiger partial charge in [-0.1, -0.05) is 99.6 Å². The number of thiophene rings is 1. The van der Waals surface area contributed by atoms with Gasteiger partial charge in [0.1, 0.15) is 6.10 Å². The molecule has 1 fully saturated rings. The van der Waals surface area contributed by atoms with Gasteiger partial charge in [0.05, 0.1) is 19.2 Å². The second-order valence-corrected chi connectivity index (χ2v) is 19.8. The van der Waals surface area contributed by atoms with Gasteiger partial charge in [-0.3, -0.25) is 4.90 Å². The third-order valence-electron chi connectivity index (χ3n) is 10.0. The number of hydrogen-bond acceptors (Lipinski definition) is 5. The predicted octanol–water partition coefficient (Wildman–Crippen LogP) is 7.52. The van der Waals surface area contributed by atoms with Crippen molar-refractivity contribution in [2.24, 2.45) is 0 Å². The average Bonchev–Trinajstić information content (AvgIpc) is 3.83. The molecule has 1 saturated heterocycles. The number of aromatic nitrogens is 1. The van der Waals surface area contributed by atoms with Crippen molar-refractivity contribution in [2.75, 3.05) is 26.2 Å². The van der Waals surface area contributed by atoms with E-state index in [0.717, 1.165) is 56.4 Å². The Bertz CT molecular complexity index is 1790. The molecule has 252 valence electrons. The minimum atomic E-state index is -3.14. The van der Waals surface area contributed by atoms with Crippen molar-refractivity contribution < 1.29 is 17.9 Å². The third kappa shape index (κ3) is 6.27. The number of para-hydroxylation sites is 1. The van der Waals surface area contributed by atoms with Gasteiger partial charge in [0.25, 0.3) is 14.2 Å². The van der Waals surface area contributed by atoms with Crippen LogP contribution >= 0.6 is 11.3 Å². The summed E-state index contributed by atoms with van der Waals surface area (Å²) in [5.74, 6) is -3.12. The van der Waals surface area contributed by atoms with Gasteiger partial charge in [-0.2, -0.15) is 0 Å². The summed E-state index contributed by atoms with van der Waals surface area (Å²) in [4.78, 5) is 6.63. The molecular formula is C39H45F2N3O2SSi. The standard InChI is InChI=1S/C39H45F2N3O2SSi/c1-27-23-32-31-17-11-12-18-33(31)43-36(32)37(34-19-20-35(47-34)46-28-21-22-42-24-28)44(27)25-39(40,41)26-45-48(38(2,3)4,29-13-7-5-8-14-29)30-15-9-6-10-16-30/h5-20,27-28,37,42-43H,21-26H2,1-4H3/t27-,28-,37-/m1/s1. The molecule has 3 aromatic carbocycles. The van der Waals surface area contributed by atoms with Gasteiger partial charge in [0.15, 0.2) is 5.06 Å². The fourth-order valence-electron chi connectivity index (χ4n) is 7.79. The van der Waals surface area contributed by atoms with E-state index in [-0.39, 0.29) is 18.2 Å². The first-order valence-corrected chi connectivity index (χ1v) is 19.7. The van der Waals surface area contributed by atoms with Crippen LogP contribution in [0.25, 0.3) is 10.9 Å². The number of nitrogens with zero attached hydrogens (tertiary/aromatic N) is 1. The van der Waals surface area contributed by atoms with Crippen LogP contribution in [-0.4, -0.2) is 62.5 Å². The number of nitrogens with one attached hydrogen (secondary N) is 2. The lowest BCUT2D eigenvalue weighted by Crippen LogP contribution is -2.67. The summed E-state index contributed by atoms with van der Waals surface area (Å²) in [6.07, 6.45) is 1.78. The second kappa shape index (κ2) is 13.2. The molecule has 5 aromatic rings. The van der Waals surface area contributed by atoms with E-state index in [2.05, 4.69) is 56.2 Å². The number of hydrogen-bond donors (Lipinski definition) is 2. The van der Waals surface area contributed by atoms with Crippen molar-refractivity contribution in [3.63, 3.8) is 0 Å². The van der Waals surface area contributed by atoms with Crippen molar-refractivity contribution in [3.05, 3.63) is 113 Å². The van der Waals surface area contributed by atoms with Crippen LogP contribution in [-0.2, 0) is 10.8 Å². The van der Waals surface area contributed by atoms with Crippen molar-refractivity contribution in [3.8, 4) is 5.06 Å². The van der Waals surface area contributed by atoms with Crippen molar-refractivity contribution in [2.45, 2.75) is 69.7 Å². The summed E-state index contributed by atoms with van der Waals surface area (Å²) in [5, 5.41) is 6.94. The zero-order chi connectivity index (χ0) is 33.5. The van der Waals surface area contributed by atoms with E-state index in [9.17, 15) is 0 Å². The Hall–Kier alpha value is -3.34. The Morgan fingerprint density at radius 3 is 2.21 bits per heavy atom. The van der Waals surface area contributed by atoms with E-state index in [1.165, 1.54) is 5.56 Å². The zero-order valence-corrected chi connectivity index (χ0v) is 30.0. The molecule has 2 aliphatic rings. The average molecular weight is 686 g/mol. The van der Waals surface area contributed by atoms with Gasteiger partial charge >= 0.3 is 0 Å². The maximum Gasteiger partial charge on any atom is 0.282 e. The van der Waals surface area contributed by atoms with E-state index in [1.54, 1.807) is 11.3 Å². The summed E-state index contributed by atoms with van der Waals surface area (Å²) in [6.45, 7) is 9.12. The van der Waals surface area contributed by atoms with E-state index in [1.807, 2.05) is 83.8 Å². The van der Waals surface area contributed by atoms with Crippen LogP contribution in [0.5, 0.6) is 5.06 Å². The SMILES string of the molecule is C[C@@H]1Cc2c([nH]c3ccccc23)[C@@H](c2ccc(O[C@@H]3CCNC3)s2)N1CC(F)(F)CO[Si](c1ccccc1)(c1ccccc1)C(C)(C)C. The lowest BCUT2D eigenvalue weighted by atomic mass is 9.91. The Morgan fingerprint density at radius 2 is 1.56 bits per heavy atom. The number of halogens is 2. The smallest absolute Gasteiger partial charge is 0.282 e. The number of rotatable bonds is 10. The number of ether oxygens (including phenoxy) is 1. The molecule has 0 unspecified atom stereocenters. The Balaban J connectivity index is 1.23. The maximum absolute atomic E-state index is 16.7. The fourth-order valence-corrected chi connectivity index (χ4v) is 13.4. The fraction of sp³-hybridized carbons (Fsp3) is 0.385. The van der Waals surface area contributed by atoms with Crippen LogP contribution in [0.4, 0.5) is 8.78 Å². The maximum atomic E-state index is 16.7. The topological polar surface area (TPSA) is 49.5 Å². The summed E-state index contributed by atoms with van der Waals surface area (Å²) < 4.78 is 46.5. The molecule has 5 nitrogen and oxygen atoms in total. The Labute approximate surface area is 287 Å². The highest BCUT2D eigenvalue weighted by Crippen LogP contribution is 2.45. The number of fused-ring (bicyclic) bond motifs is 3. The van der Waals surface area contributed by atoms with E-state index in [0.29, 0.717) is 6.42 Å². The van der Waals surface area contributed by atoms with Crippen LogP contribution in [0.1, 0.15) is 56.3 Å². The monoisotopic (exact) mass is 685 g/mol. The molecule has 48 heavy (non-hydrogen) atoms. The summed E-state index contributed by atoms with van der Waals surface area (Å²) in [7, 11) is -3.14. The van der Waals surface area contributed by atoms with E-state index < -0.39 is 32.4 Å². The summed E-state index contributed by atoms with van der Waals surface area (Å²) in [5.41, 5.74) is 3.24. The second-order valence-electron chi connectivity index (χ2n) is 14.4. The van der Waals surface area contributed by atoms with Crippen LogP contribution < -0.4 is 20.4 Å². The molecular weight excluding hydrogens is 641 g/mol. The zero-order valence-electron chi connectivity index (χ0n) is 28.1. The quantitative estimate of drug-likeness (QED) is 0.150. The first-order chi connectivity index (χ1) is 23.1. The molecule has 3 atom stereocenters. The highest BCUT2D eigenvalue weighted by atomic mass is 32.1. The molecule has 0 spiro atoms. The molecule has 7 rings (SSSR count). The van der Waals surface area contributed by atoms with Gasteiger partial charge < -0.3 is 19.5 Å². The number of H-pyrrole nitrogens is 1. The number of alkyl halides is 2. The van der Waals surface area contributed by atoms with Gasteiger partial charge in [0.2, 0.25) is 0 Å². The lowest BCUT2D eigenvalue weighted by molar-refractivity contribution is -0.0818. The predicted molar refractivity (Wildman–Crippen MR) is 195 cm³/mol. The van der Waals surface area contributed by atoms with E-state index in [4.69, 9.17) is 9.16 Å². The van der Waals surface area contributed by atoms with Crippen LogP contribution in [0.3, 0.4) is 0 Å². The Kier molecular flexibility index (Phi) is 9.10. The summed E-state index contributed by atoms with van der Waals surface area (Å²) >= 11 is 1.57. The van der Waals surface area contributed by atoms with Crippen LogP contribution in [0.2, 0.25) is 5.04 Å². The normalized spacial score (nSPS) is 20.7. The summed E-state index contributed by atoms with van der Waals surface area (Å²) in [6, 6.07) is 31.9. The largest absolute Gasteiger partial charge is 0.479 e. The molecule has 0 aliphatic carbocycles. The highest BCUT2D eigenvalue weighted by Gasteiger charge is 2.52. The number of benzene rings is 3. The first-order valence-electron chi connectivity index (χ1n) is 17.0. The van der Waals surface area contributed by atoms with Gasteiger partial charge in [0, 0.05) is 34.1 Å². The molecule has 2 aromatic heterocycles. The van der Waals surface area contributed by atoms with Gasteiger partial charge in [-0.05, 0) is 65.5 Å². The number of aromatic amines is 1. The van der Waals surface area contributed by atoms with Gasteiger partial charge in [-0.25, -0.2) is 8.78 Å². The molecule has 0 saturated carbocycles. The molecule has 9 heteroatoms. The molecule has 0 amide bonds.